The van der Waals surface area contributed by atoms with Crippen LogP contribution in [0.15, 0.2) is 59.5 Å². The van der Waals surface area contributed by atoms with Crippen LogP contribution in [0.3, 0.4) is 0 Å². The molecule has 10 nitrogen and oxygen atoms in total. The van der Waals surface area contributed by atoms with Crippen LogP contribution in [0.1, 0.15) is 5.69 Å². The maximum atomic E-state index is 13.1. The van der Waals surface area contributed by atoms with Gasteiger partial charge in [-0.25, -0.2) is 13.1 Å². The van der Waals surface area contributed by atoms with E-state index in [1.54, 1.807) is 16.8 Å². The number of aryl methyl sites for hydroxylation is 1. The van der Waals surface area contributed by atoms with Gasteiger partial charge in [-0.05, 0) is 31.2 Å². The first-order valence-corrected chi connectivity index (χ1v) is 12.9. The lowest BCUT2D eigenvalue weighted by Gasteiger charge is -2.33. The second kappa shape index (κ2) is 9.68. The van der Waals surface area contributed by atoms with Crippen LogP contribution < -0.4 is 14.8 Å². The van der Waals surface area contributed by atoms with E-state index in [9.17, 15) is 13.2 Å². The zero-order valence-electron chi connectivity index (χ0n) is 19.4. The van der Waals surface area contributed by atoms with Gasteiger partial charge in [0.15, 0.2) is 11.5 Å². The molecule has 0 aliphatic carbocycles. The van der Waals surface area contributed by atoms with Crippen molar-refractivity contribution in [2.24, 2.45) is 0 Å². The molecule has 184 valence electrons. The van der Waals surface area contributed by atoms with Gasteiger partial charge in [-0.3, -0.25) is 9.69 Å². The Labute approximate surface area is 204 Å². The molecular formula is C24H27N5O5S. The Bertz CT molecular complexity index is 1320. The number of rotatable bonds is 6. The quantitative estimate of drug-likeness (QED) is 0.554. The molecule has 1 fully saturated rings. The van der Waals surface area contributed by atoms with Gasteiger partial charge < -0.3 is 14.8 Å². The number of anilines is 1. The number of nitrogens with one attached hydrogen (secondary N) is 1. The minimum absolute atomic E-state index is 0.164. The largest absolute Gasteiger partial charge is 0.486 e. The third-order valence-corrected chi connectivity index (χ3v) is 7.84. The predicted molar refractivity (Wildman–Crippen MR) is 130 cm³/mol. The van der Waals surface area contributed by atoms with Gasteiger partial charge in [-0.2, -0.15) is 9.40 Å². The molecule has 2 aliphatic rings. The minimum Gasteiger partial charge on any atom is -0.486 e. The summed E-state index contributed by atoms with van der Waals surface area (Å²) < 4.78 is 40.4. The first-order chi connectivity index (χ1) is 16.9. The summed E-state index contributed by atoms with van der Waals surface area (Å²) in [6.45, 7) is 4.37. The number of nitrogens with zero attached hydrogens (tertiary/aromatic N) is 4. The van der Waals surface area contributed by atoms with Crippen LogP contribution in [0.4, 0.5) is 5.82 Å². The van der Waals surface area contributed by atoms with Gasteiger partial charge in [0.05, 0.1) is 22.8 Å². The van der Waals surface area contributed by atoms with Crippen LogP contribution in [-0.4, -0.2) is 79.2 Å². The summed E-state index contributed by atoms with van der Waals surface area (Å²) in [4.78, 5) is 14.9. The smallest absolute Gasteiger partial charge is 0.243 e. The monoisotopic (exact) mass is 497 g/mol. The van der Waals surface area contributed by atoms with Crippen molar-refractivity contribution in [3.63, 3.8) is 0 Å². The first-order valence-electron chi connectivity index (χ1n) is 11.4. The van der Waals surface area contributed by atoms with Crippen molar-refractivity contribution in [2.45, 2.75) is 11.8 Å². The Kier molecular flexibility index (Phi) is 6.46. The lowest BCUT2D eigenvalue weighted by atomic mass is 10.3. The Balaban J connectivity index is 1.19. The average molecular weight is 498 g/mol. The van der Waals surface area contributed by atoms with E-state index >= 15 is 0 Å². The van der Waals surface area contributed by atoms with Crippen LogP contribution in [0.25, 0.3) is 5.69 Å². The third-order valence-electron chi connectivity index (χ3n) is 5.95. The average Bonchev–Trinajstić information content (AvgIpc) is 3.24. The number of ether oxygens (including phenoxy) is 2. The van der Waals surface area contributed by atoms with Crippen molar-refractivity contribution in [1.82, 2.24) is 19.0 Å². The van der Waals surface area contributed by atoms with E-state index in [0.717, 1.165) is 11.4 Å². The predicted octanol–water partition coefficient (Wildman–Crippen LogP) is 1.90. The lowest BCUT2D eigenvalue weighted by molar-refractivity contribution is -0.117. The summed E-state index contributed by atoms with van der Waals surface area (Å²) >= 11 is 0. The summed E-state index contributed by atoms with van der Waals surface area (Å²) in [7, 11) is -3.67. The van der Waals surface area contributed by atoms with Crippen LogP contribution >= 0.6 is 0 Å². The molecule has 3 heterocycles. The number of carbonyl (C=O) groups is 1. The second-order valence-corrected chi connectivity index (χ2v) is 10.4. The van der Waals surface area contributed by atoms with Crippen molar-refractivity contribution in [2.75, 3.05) is 51.3 Å². The van der Waals surface area contributed by atoms with E-state index < -0.39 is 10.0 Å². The molecule has 0 bridgehead atoms. The fraction of sp³-hybridized carbons (Fsp3) is 0.333. The van der Waals surface area contributed by atoms with E-state index in [2.05, 4.69) is 10.4 Å². The molecule has 1 saturated heterocycles. The molecule has 0 radical (unpaired) electrons. The molecule has 0 spiro atoms. The summed E-state index contributed by atoms with van der Waals surface area (Å²) in [5.41, 5.74) is 1.65. The minimum atomic E-state index is -3.67. The van der Waals surface area contributed by atoms with Crippen LogP contribution in [-0.2, 0) is 14.8 Å². The summed E-state index contributed by atoms with van der Waals surface area (Å²) in [6.07, 6.45) is 0. The molecule has 0 saturated carbocycles. The highest BCUT2D eigenvalue weighted by Crippen LogP contribution is 2.33. The summed E-state index contributed by atoms with van der Waals surface area (Å²) in [5.74, 6) is 1.41. The number of sulfonamides is 1. The fourth-order valence-corrected chi connectivity index (χ4v) is 5.64. The normalized spacial score (nSPS) is 16.7. The number of fused-ring (bicyclic) bond motifs is 1. The Morgan fingerprint density at radius 2 is 1.69 bits per heavy atom. The number of hydrogen-bond acceptors (Lipinski definition) is 7. The maximum absolute atomic E-state index is 13.1. The topological polar surface area (TPSA) is 106 Å². The SMILES string of the molecule is Cc1cc(NC(=O)CN2CCN(S(=O)(=O)c3ccc4c(c3)OCCO4)CC2)n(-c2ccccc2)n1. The van der Waals surface area contributed by atoms with Gasteiger partial charge >= 0.3 is 0 Å². The fourth-order valence-electron chi connectivity index (χ4n) is 4.20. The highest BCUT2D eigenvalue weighted by molar-refractivity contribution is 7.89. The van der Waals surface area contributed by atoms with E-state index in [4.69, 9.17) is 9.47 Å². The van der Waals surface area contributed by atoms with Crippen molar-refractivity contribution >= 4 is 21.7 Å². The molecule has 3 aromatic rings. The van der Waals surface area contributed by atoms with E-state index in [-0.39, 0.29) is 17.3 Å². The molecule has 1 N–H and O–H groups in total. The number of carbonyl (C=O) groups excluding carboxylic acids is 1. The lowest BCUT2D eigenvalue weighted by Crippen LogP contribution is -2.50. The highest BCUT2D eigenvalue weighted by Gasteiger charge is 2.30. The first kappa shape index (κ1) is 23.3. The Hall–Kier alpha value is -3.41. The molecule has 11 heteroatoms. The highest BCUT2D eigenvalue weighted by atomic mass is 32.2. The zero-order chi connectivity index (χ0) is 24.4. The van der Waals surface area contributed by atoms with Crippen LogP contribution in [0, 0.1) is 6.92 Å². The molecule has 0 unspecified atom stereocenters. The number of benzene rings is 2. The summed E-state index contributed by atoms with van der Waals surface area (Å²) in [5, 5.41) is 7.41. The van der Waals surface area contributed by atoms with Crippen molar-refractivity contribution in [3.8, 4) is 17.2 Å². The van der Waals surface area contributed by atoms with Gasteiger partial charge in [0.2, 0.25) is 15.9 Å². The van der Waals surface area contributed by atoms with Gasteiger partial charge in [0.25, 0.3) is 0 Å². The Morgan fingerprint density at radius 3 is 2.43 bits per heavy atom. The van der Waals surface area contributed by atoms with E-state index in [0.29, 0.717) is 56.7 Å². The van der Waals surface area contributed by atoms with Crippen LogP contribution in [0.2, 0.25) is 0 Å². The number of piperazine rings is 1. The van der Waals surface area contributed by atoms with Gasteiger partial charge in [-0.1, -0.05) is 18.2 Å². The van der Waals surface area contributed by atoms with Crippen molar-refractivity contribution in [3.05, 3.63) is 60.3 Å². The molecule has 1 amide bonds. The number of hydrogen-bond donors (Lipinski definition) is 1. The van der Waals surface area contributed by atoms with Crippen molar-refractivity contribution < 1.29 is 22.7 Å². The maximum Gasteiger partial charge on any atom is 0.243 e. The van der Waals surface area contributed by atoms with Gasteiger partial charge in [0, 0.05) is 38.3 Å². The standard InChI is InChI=1S/C24H27N5O5S/c1-18-15-23(29(26-18)19-5-3-2-4-6-19)25-24(30)17-27-9-11-28(12-10-27)35(31,32)20-7-8-21-22(16-20)34-14-13-33-21/h2-8,15-16H,9-14,17H2,1H3,(H,25,30). The second-order valence-electron chi connectivity index (χ2n) is 8.45. The van der Waals surface area contributed by atoms with Gasteiger partial charge in [0.1, 0.15) is 19.0 Å². The third kappa shape index (κ3) is 5.02. The molecule has 2 aromatic carbocycles. The number of aromatic nitrogens is 2. The molecular weight excluding hydrogens is 470 g/mol. The molecule has 0 atom stereocenters. The number of amides is 1. The van der Waals surface area contributed by atoms with Crippen molar-refractivity contribution in [1.29, 1.82) is 0 Å². The molecule has 5 rings (SSSR count). The molecule has 35 heavy (non-hydrogen) atoms. The summed E-state index contributed by atoms with van der Waals surface area (Å²) in [6, 6.07) is 16.1. The molecule has 2 aliphatic heterocycles. The Morgan fingerprint density at radius 1 is 0.971 bits per heavy atom. The van der Waals surface area contributed by atoms with E-state index in [1.165, 1.54) is 10.4 Å². The zero-order valence-corrected chi connectivity index (χ0v) is 20.2. The van der Waals surface area contributed by atoms with E-state index in [1.807, 2.05) is 48.2 Å². The van der Waals surface area contributed by atoms with Gasteiger partial charge in [-0.15, -0.1) is 0 Å². The number of para-hydroxylation sites is 1. The van der Waals surface area contributed by atoms with Crippen LogP contribution in [0.5, 0.6) is 11.5 Å². The molecule has 1 aromatic heterocycles.